The quantitative estimate of drug-likeness (QED) is 0.678. The van der Waals surface area contributed by atoms with E-state index in [1.165, 1.54) is 6.92 Å². The number of carbonyl (C=O) groups is 2. The molecule has 0 radical (unpaired) electrons. The molecule has 9 nitrogen and oxygen atoms in total. The summed E-state index contributed by atoms with van der Waals surface area (Å²) in [4.78, 5) is 27.7. The Bertz CT molecular complexity index is 765. The van der Waals surface area contributed by atoms with Crippen LogP contribution in [-0.4, -0.2) is 43.3 Å². The fraction of sp³-hybridized carbons (Fsp3) is 0.562. The Morgan fingerprint density at radius 2 is 2.08 bits per heavy atom. The van der Waals surface area contributed by atoms with Crippen LogP contribution in [0, 0.1) is 13.8 Å². The number of amides is 1. The molecule has 0 saturated carbocycles. The molecule has 136 valence electrons. The zero-order chi connectivity index (χ0) is 18.6. The van der Waals surface area contributed by atoms with Gasteiger partial charge in [0.25, 0.3) is 5.89 Å². The van der Waals surface area contributed by atoms with Crippen LogP contribution >= 0.6 is 0 Å². The highest BCUT2D eigenvalue weighted by Crippen LogP contribution is 2.19. The van der Waals surface area contributed by atoms with Gasteiger partial charge in [0.2, 0.25) is 5.91 Å². The zero-order valence-electron chi connectivity index (χ0n) is 14.9. The molecule has 2 aromatic rings. The molecule has 25 heavy (non-hydrogen) atoms. The lowest BCUT2D eigenvalue weighted by molar-refractivity contribution is -0.121. The third-order valence-electron chi connectivity index (χ3n) is 3.89. The molecule has 0 bridgehead atoms. The van der Waals surface area contributed by atoms with Crippen molar-refractivity contribution in [1.29, 1.82) is 0 Å². The normalized spacial score (nSPS) is 12.2. The summed E-state index contributed by atoms with van der Waals surface area (Å²) in [5.74, 6) is 0.429. The molecule has 1 amide bonds. The summed E-state index contributed by atoms with van der Waals surface area (Å²) >= 11 is 0. The minimum absolute atomic E-state index is 0.0275. The summed E-state index contributed by atoms with van der Waals surface area (Å²) in [6.45, 7) is 7.08. The molecule has 2 N–H and O–H groups in total. The number of aryl methyl sites for hydroxylation is 1. The molecule has 2 aromatic heterocycles. The van der Waals surface area contributed by atoms with Gasteiger partial charge >= 0.3 is 0 Å². The summed E-state index contributed by atoms with van der Waals surface area (Å²) < 4.78 is 6.50. The van der Waals surface area contributed by atoms with Crippen molar-refractivity contribution >= 4 is 11.7 Å². The average molecular weight is 349 g/mol. The SMILES string of the molecule is CC(=O)c1c(C)nn([C@@H](C)CC(=O)NCCc2noc(CO)n2)c1C. The summed E-state index contributed by atoms with van der Waals surface area (Å²) in [6.07, 6.45) is 0.658. The van der Waals surface area contributed by atoms with Crippen LogP contribution in [-0.2, 0) is 17.8 Å². The van der Waals surface area contributed by atoms with Crippen LogP contribution in [0.15, 0.2) is 4.52 Å². The molecule has 0 saturated heterocycles. The lowest BCUT2D eigenvalue weighted by Gasteiger charge is -2.14. The van der Waals surface area contributed by atoms with Crippen molar-refractivity contribution in [3.05, 3.63) is 28.7 Å². The van der Waals surface area contributed by atoms with Crippen molar-refractivity contribution in [2.45, 2.75) is 53.2 Å². The predicted molar refractivity (Wildman–Crippen MR) is 88.0 cm³/mol. The van der Waals surface area contributed by atoms with E-state index in [9.17, 15) is 9.59 Å². The Balaban J connectivity index is 1.87. The smallest absolute Gasteiger partial charge is 0.252 e. The lowest BCUT2D eigenvalue weighted by atomic mass is 10.1. The van der Waals surface area contributed by atoms with Crippen LogP contribution in [0.25, 0.3) is 0 Å². The van der Waals surface area contributed by atoms with Gasteiger partial charge in [-0.1, -0.05) is 5.16 Å². The van der Waals surface area contributed by atoms with Gasteiger partial charge in [-0.25, -0.2) is 0 Å². The Kier molecular flexibility index (Phi) is 6.02. The molecule has 0 aliphatic rings. The number of nitrogens with one attached hydrogen (secondary N) is 1. The fourth-order valence-corrected chi connectivity index (χ4v) is 2.80. The third kappa shape index (κ3) is 4.50. The van der Waals surface area contributed by atoms with E-state index in [2.05, 4.69) is 20.6 Å². The molecule has 0 aliphatic carbocycles. The number of rotatable bonds is 8. The second-order valence-corrected chi connectivity index (χ2v) is 5.96. The van der Waals surface area contributed by atoms with Gasteiger partial charge in [0.05, 0.1) is 17.3 Å². The van der Waals surface area contributed by atoms with Crippen molar-refractivity contribution in [1.82, 2.24) is 25.2 Å². The second kappa shape index (κ2) is 8.02. The van der Waals surface area contributed by atoms with Crippen LogP contribution in [0.5, 0.6) is 0 Å². The van der Waals surface area contributed by atoms with Gasteiger partial charge in [-0.15, -0.1) is 0 Å². The first-order valence-electron chi connectivity index (χ1n) is 8.09. The maximum atomic E-state index is 12.1. The van der Waals surface area contributed by atoms with E-state index in [0.29, 0.717) is 30.0 Å². The molecule has 2 rings (SSSR count). The molecule has 0 fully saturated rings. The number of hydrogen-bond donors (Lipinski definition) is 2. The second-order valence-electron chi connectivity index (χ2n) is 5.96. The highest BCUT2D eigenvalue weighted by Gasteiger charge is 2.20. The number of carbonyl (C=O) groups excluding carboxylic acids is 2. The molecule has 1 atom stereocenters. The van der Waals surface area contributed by atoms with Gasteiger partial charge < -0.3 is 14.9 Å². The van der Waals surface area contributed by atoms with Gasteiger partial charge in [-0.3, -0.25) is 14.3 Å². The Labute approximate surface area is 145 Å². The maximum absolute atomic E-state index is 12.1. The number of nitrogens with zero attached hydrogens (tertiary/aromatic N) is 4. The maximum Gasteiger partial charge on any atom is 0.252 e. The Morgan fingerprint density at radius 1 is 1.36 bits per heavy atom. The van der Waals surface area contributed by atoms with E-state index in [1.807, 2.05) is 13.8 Å². The Morgan fingerprint density at radius 3 is 2.64 bits per heavy atom. The summed E-state index contributed by atoms with van der Waals surface area (Å²) in [5.41, 5.74) is 2.06. The van der Waals surface area contributed by atoms with Crippen LogP contribution in [0.2, 0.25) is 0 Å². The van der Waals surface area contributed by atoms with Crippen molar-refractivity contribution < 1.29 is 19.2 Å². The Hall–Kier alpha value is -2.55. The van der Waals surface area contributed by atoms with Crippen molar-refractivity contribution in [2.75, 3.05) is 6.54 Å². The summed E-state index contributed by atoms with van der Waals surface area (Å²) in [7, 11) is 0. The standard InChI is InChI=1S/C16H23N5O4/c1-9(21-11(3)16(12(4)23)10(2)19-21)7-14(24)17-6-5-13-18-15(8-22)25-20-13/h9,22H,5-8H2,1-4H3,(H,17,24)/t9-/m0/s1. The molecular weight excluding hydrogens is 326 g/mol. The highest BCUT2D eigenvalue weighted by molar-refractivity contribution is 5.96. The minimum atomic E-state index is -0.304. The molecule has 9 heteroatoms. The predicted octanol–water partition coefficient (Wildman–Crippen LogP) is 0.888. The molecular formula is C16H23N5O4. The van der Waals surface area contributed by atoms with Crippen LogP contribution in [0.4, 0.5) is 0 Å². The van der Waals surface area contributed by atoms with Crippen molar-refractivity contribution in [3.8, 4) is 0 Å². The molecule has 0 aliphatic heterocycles. The van der Waals surface area contributed by atoms with E-state index < -0.39 is 0 Å². The van der Waals surface area contributed by atoms with Gasteiger partial charge in [0, 0.05) is 25.1 Å². The third-order valence-corrected chi connectivity index (χ3v) is 3.89. The molecule has 0 unspecified atom stereocenters. The van der Waals surface area contributed by atoms with E-state index in [-0.39, 0.29) is 36.7 Å². The number of ketones is 1. The summed E-state index contributed by atoms with van der Waals surface area (Å²) in [5, 5.41) is 19.7. The van der Waals surface area contributed by atoms with Gasteiger partial charge in [-0.2, -0.15) is 10.1 Å². The first-order chi connectivity index (χ1) is 11.8. The van der Waals surface area contributed by atoms with E-state index in [1.54, 1.807) is 11.6 Å². The van der Waals surface area contributed by atoms with Crippen molar-refractivity contribution in [2.24, 2.45) is 0 Å². The first kappa shape index (κ1) is 18.8. The zero-order valence-corrected chi connectivity index (χ0v) is 14.9. The monoisotopic (exact) mass is 349 g/mol. The van der Waals surface area contributed by atoms with Gasteiger partial charge in [-0.05, 0) is 27.7 Å². The van der Waals surface area contributed by atoms with E-state index >= 15 is 0 Å². The van der Waals surface area contributed by atoms with Crippen LogP contribution in [0.3, 0.4) is 0 Å². The molecule has 2 heterocycles. The highest BCUT2D eigenvalue weighted by atomic mass is 16.5. The van der Waals surface area contributed by atoms with Gasteiger partial charge in [0.1, 0.15) is 6.61 Å². The fourth-order valence-electron chi connectivity index (χ4n) is 2.80. The molecule has 0 aromatic carbocycles. The average Bonchev–Trinajstić information content (AvgIpc) is 3.11. The number of Topliss-reactive ketones (excluding diaryl/α,β-unsaturated/α-hetero) is 1. The lowest BCUT2D eigenvalue weighted by Crippen LogP contribution is -2.28. The number of hydrogen-bond acceptors (Lipinski definition) is 7. The number of aromatic nitrogens is 4. The largest absolute Gasteiger partial charge is 0.387 e. The number of aliphatic hydroxyl groups is 1. The molecule has 0 spiro atoms. The number of aliphatic hydroxyl groups excluding tert-OH is 1. The van der Waals surface area contributed by atoms with Gasteiger partial charge in [0.15, 0.2) is 11.6 Å². The van der Waals surface area contributed by atoms with Crippen LogP contribution < -0.4 is 5.32 Å². The minimum Gasteiger partial charge on any atom is -0.387 e. The van der Waals surface area contributed by atoms with E-state index in [4.69, 9.17) is 9.63 Å². The summed E-state index contributed by atoms with van der Waals surface area (Å²) in [6, 6.07) is -0.169. The van der Waals surface area contributed by atoms with Crippen LogP contribution in [0.1, 0.15) is 59.8 Å². The van der Waals surface area contributed by atoms with E-state index in [0.717, 1.165) is 5.69 Å². The van der Waals surface area contributed by atoms with Crippen molar-refractivity contribution in [3.63, 3.8) is 0 Å². The first-order valence-corrected chi connectivity index (χ1v) is 8.09. The topological polar surface area (TPSA) is 123 Å².